The molecule has 0 saturated heterocycles. The highest BCUT2D eigenvalue weighted by atomic mass is 32.1. The lowest BCUT2D eigenvalue weighted by Gasteiger charge is -2.07. The number of nitrogens with one attached hydrogen (secondary N) is 1. The second kappa shape index (κ2) is 8.78. The zero-order valence-corrected chi connectivity index (χ0v) is 14.7. The molecule has 130 valence electrons. The van der Waals surface area contributed by atoms with Gasteiger partial charge in [-0.15, -0.1) is 11.3 Å². The first-order chi connectivity index (χ1) is 12.7. The van der Waals surface area contributed by atoms with Gasteiger partial charge in [-0.2, -0.15) is 0 Å². The number of carbonyl (C=O) groups excluding carboxylic acids is 2. The molecule has 0 bridgehead atoms. The van der Waals surface area contributed by atoms with Crippen molar-refractivity contribution in [1.82, 2.24) is 5.32 Å². The minimum atomic E-state index is -0.486. The molecule has 2 aromatic carbocycles. The van der Waals surface area contributed by atoms with Gasteiger partial charge in [-0.25, -0.2) is 4.79 Å². The van der Waals surface area contributed by atoms with Crippen molar-refractivity contribution in [2.75, 3.05) is 0 Å². The van der Waals surface area contributed by atoms with Crippen LogP contribution in [0.25, 0.3) is 6.08 Å². The van der Waals surface area contributed by atoms with Crippen molar-refractivity contribution in [3.05, 3.63) is 94.2 Å². The number of carbonyl (C=O) groups is 2. The van der Waals surface area contributed by atoms with Crippen LogP contribution in [0.15, 0.2) is 78.2 Å². The predicted molar refractivity (Wildman–Crippen MR) is 103 cm³/mol. The zero-order valence-electron chi connectivity index (χ0n) is 13.9. The monoisotopic (exact) mass is 363 g/mol. The minimum absolute atomic E-state index is 0.221. The van der Waals surface area contributed by atoms with Gasteiger partial charge in [0.2, 0.25) is 0 Å². The fourth-order valence-corrected chi connectivity index (χ4v) is 2.89. The molecule has 3 rings (SSSR count). The van der Waals surface area contributed by atoms with E-state index in [9.17, 15) is 9.59 Å². The summed E-state index contributed by atoms with van der Waals surface area (Å²) in [5.41, 5.74) is 1.45. The first-order valence-electron chi connectivity index (χ1n) is 8.06. The molecule has 1 aromatic heterocycles. The van der Waals surface area contributed by atoms with Crippen LogP contribution in [-0.4, -0.2) is 11.9 Å². The number of esters is 1. The lowest BCUT2D eigenvalue weighted by atomic mass is 10.2. The third kappa shape index (κ3) is 5.16. The summed E-state index contributed by atoms with van der Waals surface area (Å²) in [6, 6.07) is 20.0. The summed E-state index contributed by atoms with van der Waals surface area (Å²) in [6.45, 7) is 0.438. The maximum Gasteiger partial charge on any atom is 0.336 e. The number of thiophene rings is 1. The summed E-state index contributed by atoms with van der Waals surface area (Å²) in [6.07, 6.45) is 3.07. The molecular formula is C21H17NO3S. The van der Waals surface area contributed by atoms with Crippen LogP contribution in [0.2, 0.25) is 0 Å². The van der Waals surface area contributed by atoms with E-state index in [1.807, 2.05) is 47.8 Å². The minimum Gasteiger partial charge on any atom is -0.423 e. The number of hydrogen-bond acceptors (Lipinski definition) is 4. The average Bonchev–Trinajstić information content (AvgIpc) is 3.19. The van der Waals surface area contributed by atoms with E-state index in [2.05, 4.69) is 5.32 Å². The topological polar surface area (TPSA) is 55.4 Å². The second-order valence-electron chi connectivity index (χ2n) is 5.47. The Labute approximate surface area is 155 Å². The standard InChI is InChI=1S/C21H17NO3S/c23-20(12-11-19-10-5-13-26-19)25-18-9-4-8-17(14-18)21(24)22-15-16-6-2-1-3-7-16/h1-14H,15H2,(H,22,24). The summed E-state index contributed by atoms with van der Waals surface area (Å²) in [5, 5.41) is 4.78. The molecule has 3 aromatic rings. The molecule has 0 atom stereocenters. The Morgan fingerprint density at radius 1 is 1.00 bits per heavy atom. The highest BCUT2D eigenvalue weighted by Crippen LogP contribution is 2.15. The lowest BCUT2D eigenvalue weighted by Crippen LogP contribution is -2.22. The Kier molecular flexibility index (Phi) is 5.96. The average molecular weight is 363 g/mol. The summed E-state index contributed by atoms with van der Waals surface area (Å²) >= 11 is 1.53. The molecule has 1 heterocycles. The third-order valence-electron chi connectivity index (χ3n) is 3.54. The number of benzene rings is 2. The Morgan fingerprint density at radius 2 is 1.85 bits per heavy atom. The SMILES string of the molecule is O=C(C=Cc1cccs1)Oc1cccc(C(=O)NCc2ccccc2)c1. The fourth-order valence-electron chi connectivity index (χ4n) is 2.27. The molecule has 26 heavy (non-hydrogen) atoms. The molecule has 1 N–H and O–H groups in total. The van der Waals surface area contributed by atoms with Gasteiger partial charge in [-0.3, -0.25) is 4.79 Å². The summed E-state index contributed by atoms with van der Waals surface area (Å²) in [7, 11) is 0. The molecule has 0 unspecified atom stereocenters. The van der Waals surface area contributed by atoms with Crippen LogP contribution < -0.4 is 10.1 Å². The fraction of sp³-hybridized carbons (Fsp3) is 0.0476. The van der Waals surface area contributed by atoms with Gasteiger partial charge in [0.05, 0.1) is 0 Å². The Morgan fingerprint density at radius 3 is 2.62 bits per heavy atom. The van der Waals surface area contributed by atoms with Gasteiger partial charge in [0.25, 0.3) is 5.91 Å². The molecule has 0 aliphatic carbocycles. The van der Waals surface area contributed by atoms with E-state index in [0.29, 0.717) is 17.9 Å². The van der Waals surface area contributed by atoms with E-state index in [1.165, 1.54) is 17.4 Å². The summed E-state index contributed by atoms with van der Waals surface area (Å²) < 4.78 is 5.27. The quantitative estimate of drug-likeness (QED) is 0.404. The molecule has 1 amide bonds. The van der Waals surface area contributed by atoms with E-state index in [4.69, 9.17) is 4.74 Å². The molecule has 5 heteroatoms. The van der Waals surface area contributed by atoms with Gasteiger partial charge in [-0.1, -0.05) is 42.5 Å². The number of amides is 1. The highest BCUT2D eigenvalue weighted by Gasteiger charge is 2.08. The van der Waals surface area contributed by atoms with Crippen LogP contribution in [-0.2, 0) is 11.3 Å². The first-order valence-corrected chi connectivity index (χ1v) is 8.94. The van der Waals surface area contributed by atoms with Gasteiger partial charge in [-0.05, 0) is 41.3 Å². The van der Waals surface area contributed by atoms with Gasteiger partial charge >= 0.3 is 5.97 Å². The van der Waals surface area contributed by atoms with Gasteiger partial charge in [0, 0.05) is 23.1 Å². The van der Waals surface area contributed by atoms with E-state index in [-0.39, 0.29) is 5.91 Å². The van der Waals surface area contributed by atoms with Crippen LogP contribution in [0.4, 0.5) is 0 Å². The van der Waals surface area contributed by atoms with E-state index in [0.717, 1.165) is 10.4 Å². The maximum absolute atomic E-state index is 12.3. The smallest absolute Gasteiger partial charge is 0.336 e. The van der Waals surface area contributed by atoms with Crippen molar-refractivity contribution in [3.8, 4) is 5.75 Å². The second-order valence-corrected chi connectivity index (χ2v) is 6.45. The van der Waals surface area contributed by atoms with Crippen LogP contribution in [0.5, 0.6) is 5.75 Å². The summed E-state index contributed by atoms with van der Waals surface area (Å²) in [5.74, 6) is -0.376. The third-order valence-corrected chi connectivity index (χ3v) is 4.37. The molecule has 0 aliphatic rings. The van der Waals surface area contributed by atoms with E-state index < -0.39 is 5.97 Å². The molecule has 0 aliphatic heterocycles. The van der Waals surface area contributed by atoms with Crippen molar-refractivity contribution in [1.29, 1.82) is 0 Å². The molecular weight excluding hydrogens is 346 g/mol. The van der Waals surface area contributed by atoms with Crippen molar-refractivity contribution in [3.63, 3.8) is 0 Å². The van der Waals surface area contributed by atoms with E-state index in [1.54, 1.807) is 30.3 Å². The van der Waals surface area contributed by atoms with Gasteiger partial charge in [0.15, 0.2) is 0 Å². The first kappa shape index (κ1) is 17.6. The number of rotatable bonds is 6. The molecule has 0 radical (unpaired) electrons. The lowest BCUT2D eigenvalue weighted by molar-refractivity contribution is -0.128. The van der Waals surface area contributed by atoms with Crippen molar-refractivity contribution < 1.29 is 14.3 Å². The zero-order chi connectivity index (χ0) is 18.2. The molecule has 0 fully saturated rings. The number of ether oxygens (including phenoxy) is 1. The highest BCUT2D eigenvalue weighted by molar-refractivity contribution is 7.10. The summed E-state index contributed by atoms with van der Waals surface area (Å²) in [4.78, 5) is 25.1. The largest absolute Gasteiger partial charge is 0.423 e. The van der Waals surface area contributed by atoms with Gasteiger partial charge in [0.1, 0.15) is 5.75 Å². The normalized spacial score (nSPS) is 10.6. The van der Waals surface area contributed by atoms with Crippen LogP contribution in [0.3, 0.4) is 0 Å². The molecule has 0 spiro atoms. The van der Waals surface area contributed by atoms with Gasteiger partial charge < -0.3 is 10.1 Å². The predicted octanol–water partition coefficient (Wildman–Crippen LogP) is 4.30. The van der Waals surface area contributed by atoms with Crippen molar-refractivity contribution in [2.24, 2.45) is 0 Å². The maximum atomic E-state index is 12.3. The van der Waals surface area contributed by atoms with Crippen molar-refractivity contribution in [2.45, 2.75) is 6.54 Å². The van der Waals surface area contributed by atoms with Crippen molar-refractivity contribution >= 4 is 29.3 Å². The Bertz CT molecular complexity index is 902. The van der Waals surface area contributed by atoms with Crippen LogP contribution in [0.1, 0.15) is 20.8 Å². The van der Waals surface area contributed by atoms with Crippen LogP contribution >= 0.6 is 11.3 Å². The molecule has 4 nitrogen and oxygen atoms in total. The molecule has 0 saturated carbocycles. The van der Waals surface area contributed by atoms with Crippen LogP contribution in [0, 0.1) is 0 Å². The number of hydrogen-bond donors (Lipinski definition) is 1. The Balaban J connectivity index is 1.58. The van der Waals surface area contributed by atoms with E-state index >= 15 is 0 Å². The Hall–Kier alpha value is -3.18.